The molecule has 0 aliphatic rings. The van der Waals surface area contributed by atoms with Crippen molar-refractivity contribution in [3.8, 4) is 5.75 Å². The predicted octanol–water partition coefficient (Wildman–Crippen LogP) is 4.45. The molecular weight excluding hydrogens is 390 g/mol. The number of nitrogens with zero attached hydrogens (tertiary/aromatic N) is 1. The Morgan fingerprint density at radius 2 is 1.61 bits per heavy atom. The quantitative estimate of drug-likeness (QED) is 0.304. The molecule has 2 amide bonds. The van der Waals surface area contributed by atoms with Crippen LogP contribution in [0, 0.1) is 6.92 Å². The molecule has 0 saturated carbocycles. The van der Waals surface area contributed by atoms with Crippen molar-refractivity contribution in [2.75, 3.05) is 5.32 Å². The van der Waals surface area contributed by atoms with E-state index in [1.165, 1.54) is 6.21 Å². The van der Waals surface area contributed by atoms with Gasteiger partial charge >= 0.3 is 0 Å². The number of aromatic hydroxyl groups is 1. The Labute approximate surface area is 180 Å². The molecule has 0 fully saturated rings. The molecule has 0 aliphatic heterocycles. The van der Waals surface area contributed by atoms with Crippen LogP contribution in [0.1, 0.15) is 37.4 Å². The molecule has 0 heterocycles. The molecule has 0 aromatic heterocycles. The van der Waals surface area contributed by atoms with Gasteiger partial charge in [0.05, 0.1) is 6.21 Å². The van der Waals surface area contributed by atoms with Gasteiger partial charge in [-0.05, 0) is 61.4 Å². The van der Waals surface area contributed by atoms with Crippen molar-refractivity contribution >= 4 is 23.7 Å². The molecule has 31 heavy (non-hydrogen) atoms. The molecule has 6 nitrogen and oxygen atoms in total. The molecule has 3 aromatic rings. The number of aryl methyl sites for hydroxylation is 1. The lowest BCUT2D eigenvalue weighted by Gasteiger charge is -2.07. The van der Waals surface area contributed by atoms with Crippen LogP contribution >= 0.6 is 0 Å². The summed E-state index contributed by atoms with van der Waals surface area (Å²) < 4.78 is 0. The van der Waals surface area contributed by atoms with Crippen molar-refractivity contribution in [2.24, 2.45) is 5.10 Å². The van der Waals surface area contributed by atoms with Crippen LogP contribution in [-0.4, -0.2) is 23.1 Å². The maximum absolute atomic E-state index is 12.3. The van der Waals surface area contributed by atoms with Crippen LogP contribution in [0.2, 0.25) is 0 Å². The second kappa shape index (κ2) is 10.0. The van der Waals surface area contributed by atoms with Crippen LogP contribution in [0.25, 0.3) is 0 Å². The van der Waals surface area contributed by atoms with Gasteiger partial charge in [0.1, 0.15) is 5.75 Å². The number of rotatable bonds is 7. The lowest BCUT2D eigenvalue weighted by molar-refractivity contribution is 0.0954. The van der Waals surface area contributed by atoms with E-state index in [-0.39, 0.29) is 11.7 Å². The Balaban J connectivity index is 1.60. The van der Waals surface area contributed by atoms with Gasteiger partial charge in [0.2, 0.25) is 0 Å². The third-order valence-corrected chi connectivity index (χ3v) is 4.60. The fraction of sp³-hybridized carbons (Fsp3) is 0.0800. The number of hydrogen-bond acceptors (Lipinski definition) is 4. The maximum Gasteiger partial charge on any atom is 0.271 e. The molecule has 3 aromatic carbocycles. The molecule has 156 valence electrons. The van der Waals surface area contributed by atoms with E-state index in [0.29, 0.717) is 28.8 Å². The van der Waals surface area contributed by atoms with Crippen LogP contribution in [0.15, 0.2) is 84.5 Å². The van der Waals surface area contributed by atoms with Crippen LogP contribution in [0.5, 0.6) is 5.75 Å². The lowest BCUT2D eigenvalue weighted by atomic mass is 10.1. The molecule has 0 radical (unpaired) electrons. The number of hydrazone groups is 1. The highest BCUT2D eigenvalue weighted by atomic mass is 16.3. The van der Waals surface area contributed by atoms with E-state index in [2.05, 4.69) is 22.4 Å². The van der Waals surface area contributed by atoms with Gasteiger partial charge in [-0.2, -0.15) is 5.10 Å². The summed E-state index contributed by atoms with van der Waals surface area (Å²) in [6.45, 7) is 5.62. The number of phenolic OH excluding ortho intramolecular Hbond substituents is 1. The second-order valence-corrected chi connectivity index (χ2v) is 6.94. The normalized spacial score (nSPS) is 10.6. The molecule has 0 unspecified atom stereocenters. The van der Waals surface area contributed by atoms with Crippen molar-refractivity contribution in [1.82, 2.24) is 5.43 Å². The van der Waals surface area contributed by atoms with E-state index < -0.39 is 5.91 Å². The monoisotopic (exact) mass is 413 g/mol. The summed E-state index contributed by atoms with van der Waals surface area (Å²) in [6, 6.07) is 19.0. The number of hydrogen-bond donors (Lipinski definition) is 3. The summed E-state index contributed by atoms with van der Waals surface area (Å²) in [7, 11) is 0. The number of carbonyl (C=O) groups is 2. The van der Waals surface area contributed by atoms with Crippen molar-refractivity contribution in [2.45, 2.75) is 13.3 Å². The van der Waals surface area contributed by atoms with E-state index in [1.54, 1.807) is 60.7 Å². The highest BCUT2D eigenvalue weighted by Crippen LogP contribution is 2.21. The standard InChI is InChI=1S/C25H23N3O3/c1-3-5-18-6-4-7-21(23(18)29)16-26-28-25(31)20-12-14-22(15-13-20)27-24(30)19-10-8-17(2)9-11-19/h3-4,6-16,29H,1,5H2,2H3,(H,27,30)(H,28,31)/b26-16+. The number of phenols is 1. The molecule has 0 spiro atoms. The summed E-state index contributed by atoms with van der Waals surface area (Å²) in [5.41, 5.74) is 6.25. The predicted molar refractivity (Wildman–Crippen MR) is 123 cm³/mol. The number of allylic oxidation sites excluding steroid dienone is 1. The third-order valence-electron chi connectivity index (χ3n) is 4.60. The number of para-hydroxylation sites is 1. The van der Waals surface area contributed by atoms with Crippen LogP contribution < -0.4 is 10.7 Å². The molecule has 0 atom stereocenters. The third kappa shape index (κ3) is 5.67. The average molecular weight is 413 g/mol. The van der Waals surface area contributed by atoms with E-state index in [4.69, 9.17) is 0 Å². The average Bonchev–Trinajstić information content (AvgIpc) is 2.77. The van der Waals surface area contributed by atoms with Gasteiger partial charge in [-0.3, -0.25) is 9.59 Å². The Kier molecular flexibility index (Phi) is 6.96. The smallest absolute Gasteiger partial charge is 0.271 e. The van der Waals surface area contributed by atoms with Crippen LogP contribution in [0.4, 0.5) is 5.69 Å². The Morgan fingerprint density at radius 3 is 2.29 bits per heavy atom. The number of anilines is 1. The molecular formula is C25H23N3O3. The number of carbonyl (C=O) groups excluding carboxylic acids is 2. The fourth-order valence-corrected chi connectivity index (χ4v) is 2.87. The molecule has 6 heteroatoms. The van der Waals surface area contributed by atoms with Gasteiger partial charge in [-0.25, -0.2) is 5.43 Å². The number of nitrogens with one attached hydrogen (secondary N) is 2. The van der Waals surface area contributed by atoms with Gasteiger partial charge in [0.25, 0.3) is 11.8 Å². The Bertz CT molecular complexity index is 1120. The first-order valence-corrected chi connectivity index (χ1v) is 9.71. The molecule has 3 N–H and O–H groups in total. The van der Waals surface area contributed by atoms with Gasteiger partial charge in [0.15, 0.2) is 0 Å². The first-order valence-electron chi connectivity index (χ1n) is 9.71. The second-order valence-electron chi connectivity index (χ2n) is 6.94. The minimum atomic E-state index is -0.408. The SMILES string of the molecule is C=CCc1cccc(/C=N/NC(=O)c2ccc(NC(=O)c3ccc(C)cc3)cc2)c1O. The van der Waals surface area contributed by atoms with Crippen molar-refractivity contribution in [3.05, 3.63) is 107 Å². The van der Waals surface area contributed by atoms with Gasteiger partial charge < -0.3 is 10.4 Å². The van der Waals surface area contributed by atoms with E-state index >= 15 is 0 Å². The molecule has 0 bridgehead atoms. The Morgan fingerprint density at radius 1 is 0.968 bits per heavy atom. The lowest BCUT2D eigenvalue weighted by Crippen LogP contribution is -2.18. The highest BCUT2D eigenvalue weighted by Gasteiger charge is 2.08. The summed E-state index contributed by atoms with van der Waals surface area (Å²) in [5, 5.41) is 16.9. The summed E-state index contributed by atoms with van der Waals surface area (Å²) in [4.78, 5) is 24.6. The van der Waals surface area contributed by atoms with Crippen LogP contribution in [0.3, 0.4) is 0 Å². The van der Waals surface area contributed by atoms with Crippen LogP contribution in [-0.2, 0) is 6.42 Å². The largest absolute Gasteiger partial charge is 0.507 e. The minimum Gasteiger partial charge on any atom is -0.507 e. The number of benzene rings is 3. The first kappa shape index (κ1) is 21.5. The molecule has 0 aliphatic carbocycles. The van der Waals surface area contributed by atoms with Gasteiger partial charge in [-0.1, -0.05) is 35.9 Å². The topological polar surface area (TPSA) is 90.8 Å². The zero-order valence-electron chi connectivity index (χ0n) is 17.1. The Hall–Kier alpha value is -4.19. The molecule has 0 saturated heterocycles. The van der Waals surface area contributed by atoms with Crippen molar-refractivity contribution in [1.29, 1.82) is 0 Å². The van der Waals surface area contributed by atoms with E-state index in [9.17, 15) is 14.7 Å². The highest BCUT2D eigenvalue weighted by molar-refractivity contribution is 6.04. The van der Waals surface area contributed by atoms with Crippen molar-refractivity contribution in [3.63, 3.8) is 0 Å². The summed E-state index contributed by atoms with van der Waals surface area (Å²) >= 11 is 0. The van der Waals surface area contributed by atoms with Gasteiger partial charge in [0, 0.05) is 22.4 Å². The first-order chi connectivity index (χ1) is 15.0. The van der Waals surface area contributed by atoms with Crippen molar-refractivity contribution < 1.29 is 14.7 Å². The fourth-order valence-electron chi connectivity index (χ4n) is 2.87. The maximum atomic E-state index is 12.3. The molecule has 3 rings (SSSR count). The van der Waals surface area contributed by atoms with Gasteiger partial charge in [-0.15, -0.1) is 6.58 Å². The van der Waals surface area contributed by atoms with E-state index in [1.807, 2.05) is 19.1 Å². The zero-order chi connectivity index (χ0) is 22.2. The summed E-state index contributed by atoms with van der Waals surface area (Å²) in [6.07, 6.45) is 3.62. The van der Waals surface area contributed by atoms with E-state index in [0.717, 1.165) is 11.1 Å². The number of amides is 2. The minimum absolute atomic E-state index is 0.106. The summed E-state index contributed by atoms with van der Waals surface area (Å²) in [5.74, 6) is -0.524. The zero-order valence-corrected chi connectivity index (χ0v) is 17.1.